The molecule has 0 heterocycles. The Morgan fingerprint density at radius 3 is 2.46 bits per heavy atom. The summed E-state index contributed by atoms with van der Waals surface area (Å²) < 4.78 is 5.18. The number of rotatable bonds is 5. The van der Waals surface area contributed by atoms with Gasteiger partial charge in [0.25, 0.3) is 0 Å². The molecule has 0 saturated heterocycles. The molecule has 0 aliphatic carbocycles. The van der Waals surface area contributed by atoms with Gasteiger partial charge in [-0.25, -0.2) is 0 Å². The van der Waals surface area contributed by atoms with Crippen LogP contribution < -0.4 is 20.4 Å². The highest BCUT2D eigenvalue weighted by atomic mass is 32.1. The number of hydrogen-bond acceptors (Lipinski definition) is 4. The van der Waals surface area contributed by atoms with Gasteiger partial charge < -0.3 is 15.0 Å². The molecule has 24 heavy (non-hydrogen) atoms. The first-order chi connectivity index (χ1) is 11.5. The topological polar surface area (TPSA) is 48.9 Å². The fourth-order valence-corrected chi connectivity index (χ4v) is 2.22. The van der Waals surface area contributed by atoms with E-state index in [0.29, 0.717) is 5.11 Å². The van der Waals surface area contributed by atoms with Gasteiger partial charge in [-0.15, -0.1) is 0 Å². The quantitative estimate of drug-likeness (QED) is 0.495. The highest BCUT2D eigenvalue weighted by molar-refractivity contribution is 7.80. The number of ether oxygens (including phenoxy) is 1. The lowest BCUT2D eigenvalue weighted by atomic mass is 10.1. The second-order valence-corrected chi connectivity index (χ2v) is 5.84. The molecule has 0 aliphatic heterocycles. The van der Waals surface area contributed by atoms with Crippen molar-refractivity contribution in [2.24, 2.45) is 5.10 Å². The molecule has 126 valence electrons. The standard InChI is InChI=1S/C18H22N4OS/c1-13(14-8-10-16(11-9-14)22(2)3)20-21-18(24)19-15-6-5-7-17(12-15)23-4/h5-12H,1-4H3,(H2,19,21,24)/b20-13-. The fourth-order valence-electron chi connectivity index (χ4n) is 2.06. The van der Waals surface area contributed by atoms with Gasteiger partial charge in [0.15, 0.2) is 5.11 Å². The van der Waals surface area contributed by atoms with Crippen molar-refractivity contribution in [1.82, 2.24) is 5.43 Å². The zero-order valence-electron chi connectivity index (χ0n) is 14.3. The number of hydrogen-bond donors (Lipinski definition) is 2. The van der Waals surface area contributed by atoms with Crippen LogP contribution in [0.2, 0.25) is 0 Å². The molecule has 0 saturated carbocycles. The van der Waals surface area contributed by atoms with Crippen LogP contribution in [0.15, 0.2) is 53.6 Å². The molecule has 0 fully saturated rings. The van der Waals surface area contributed by atoms with Crippen LogP contribution in [-0.2, 0) is 0 Å². The molecule has 2 N–H and O–H groups in total. The van der Waals surface area contributed by atoms with Gasteiger partial charge in [0, 0.05) is 31.5 Å². The van der Waals surface area contributed by atoms with E-state index in [4.69, 9.17) is 17.0 Å². The summed E-state index contributed by atoms with van der Waals surface area (Å²) in [6, 6.07) is 15.7. The number of nitrogens with one attached hydrogen (secondary N) is 2. The highest BCUT2D eigenvalue weighted by Crippen LogP contribution is 2.16. The van der Waals surface area contributed by atoms with Crippen molar-refractivity contribution in [2.45, 2.75) is 6.92 Å². The van der Waals surface area contributed by atoms with Crippen molar-refractivity contribution in [1.29, 1.82) is 0 Å². The van der Waals surface area contributed by atoms with Crippen LogP contribution in [0.4, 0.5) is 11.4 Å². The molecule has 2 aromatic rings. The van der Waals surface area contributed by atoms with E-state index in [9.17, 15) is 0 Å². The third kappa shape index (κ3) is 4.96. The normalized spacial score (nSPS) is 10.9. The van der Waals surface area contributed by atoms with E-state index in [1.54, 1.807) is 7.11 Å². The first-order valence-corrected chi connectivity index (χ1v) is 7.93. The molecule has 0 radical (unpaired) electrons. The SMILES string of the molecule is COc1cccc(NC(=S)N/N=C(/C)c2ccc(N(C)C)cc2)c1. The van der Waals surface area contributed by atoms with Crippen LogP contribution in [0.5, 0.6) is 5.75 Å². The highest BCUT2D eigenvalue weighted by Gasteiger charge is 2.01. The molecular formula is C18H22N4OS. The summed E-state index contributed by atoms with van der Waals surface area (Å²) in [5.41, 5.74) is 6.75. The molecule has 0 unspecified atom stereocenters. The molecule has 0 spiro atoms. The largest absolute Gasteiger partial charge is 0.497 e. The fraction of sp³-hybridized carbons (Fsp3) is 0.222. The minimum Gasteiger partial charge on any atom is -0.497 e. The molecular weight excluding hydrogens is 320 g/mol. The summed E-state index contributed by atoms with van der Waals surface area (Å²) >= 11 is 5.26. The van der Waals surface area contributed by atoms with Gasteiger partial charge in [-0.05, 0) is 49.0 Å². The van der Waals surface area contributed by atoms with Crippen LogP contribution in [-0.4, -0.2) is 32.0 Å². The number of anilines is 2. The first-order valence-electron chi connectivity index (χ1n) is 7.52. The van der Waals surface area contributed by atoms with E-state index >= 15 is 0 Å². The third-order valence-corrected chi connectivity index (χ3v) is 3.65. The van der Waals surface area contributed by atoms with Gasteiger partial charge in [-0.1, -0.05) is 18.2 Å². The van der Waals surface area contributed by atoms with E-state index in [1.807, 2.05) is 57.4 Å². The number of hydrazone groups is 1. The van der Waals surface area contributed by atoms with E-state index in [0.717, 1.165) is 28.4 Å². The maximum atomic E-state index is 5.26. The smallest absolute Gasteiger partial charge is 0.191 e. The second kappa shape index (κ2) is 8.31. The van der Waals surface area contributed by atoms with Gasteiger partial charge >= 0.3 is 0 Å². The van der Waals surface area contributed by atoms with E-state index in [-0.39, 0.29) is 0 Å². The van der Waals surface area contributed by atoms with Gasteiger partial charge in [-0.2, -0.15) is 5.10 Å². The van der Waals surface area contributed by atoms with Gasteiger partial charge in [-0.3, -0.25) is 5.43 Å². The predicted octanol–water partition coefficient (Wildman–Crippen LogP) is 3.47. The van der Waals surface area contributed by atoms with Crippen molar-refractivity contribution < 1.29 is 4.74 Å². The molecule has 0 amide bonds. The maximum absolute atomic E-state index is 5.26. The molecule has 2 aromatic carbocycles. The molecule has 0 aliphatic rings. The molecule has 0 aromatic heterocycles. The number of nitrogens with zero attached hydrogens (tertiary/aromatic N) is 2. The first kappa shape index (κ1) is 17.7. The monoisotopic (exact) mass is 342 g/mol. The Morgan fingerprint density at radius 2 is 1.83 bits per heavy atom. The summed E-state index contributed by atoms with van der Waals surface area (Å²) in [6.45, 7) is 1.94. The Labute approximate surface area is 148 Å². The Kier molecular flexibility index (Phi) is 6.14. The minimum absolute atomic E-state index is 0.424. The third-order valence-electron chi connectivity index (χ3n) is 3.45. The average Bonchev–Trinajstić information content (AvgIpc) is 2.60. The zero-order valence-corrected chi connectivity index (χ0v) is 15.1. The van der Waals surface area contributed by atoms with E-state index in [1.165, 1.54) is 0 Å². The Bertz CT molecular complexity index is 726. The molecule has 0 bridgehead atoms. The van der Waals surface area contributed by atoms with Crippen LogP contribution in [0, 0.1) is 0 Å². The minimum atomic E-state index is 0.424. The molecule has 2 rings (SSSR count). The average molecular weight is 342 g/mol. The van der Waals surface area contributed by atoms with Crippen molar-refractivity contribution >= 4 is 34.4 Å². The lowest BCUT2D eigenvalue weighted by Crippen LogP contribution is -2.25. The van der Waals surface area contributed by atoms with Crippen LogP contribution in [0.1, 0.15) is 12.5 Å². The van der Waals surface area contributed by atoms with Crippen molar-refractivity contribution in [2.75, 3.05) is 31.4 Å². The number of methoxy groups -OCH3 is 1. The van der Waals surface area contributed by atoms with E-state index in [2.05, 4.69) is 32.9 Å². The number of thiocarbonyl (C=S) groups is 1. The molecule has 0 atom stereocenters. The van der Waals surface area contributed by atoms with E-state index < -0.39 is 0 Å². The maximum Gasteiger partial charge on any atom is 0.191 e. The summed E-state index contributed by atoms with van der Waals surface area (Å²) in [6.07, 6.45) is 0. The van der Waals surface area contributed by atoms with Gasteiger partial charge in [0.1, 0.15) is 5.75 Å². The lowest BCUT2D eigenvalue weighted by Gasteiger charge is -2.13. The van der Waals surface area contributed by atoms with Crippen LogP contribution >= 0.6 is 12.2 Å². The Morgan fingerprint density at radius 1 is 1.12 bits per heavy atom. The number of benzene rings is 2. The van der Waals surface area contributed by atoms with Crippen molar-refractivity contribution in [3.05, 3.63) is 54.1 Å². The summed E-state index contributed by atoms with van der Waals surface area (Å²) in [7, 11) is 5.66. The summed E-state index contributed by atoms with van der Waals surface area (Å²) in [5.74, 6) is 0.767. The van der Waals surface area contributed by atoms with Gasteiger partial charge in [0.2, 0.25) is 0 Å². The van der Waals surface area contributed by atoms with Crippen molar-refractivity contribution in [3.63, 3.8) is 0 Å². The van der Waals surface area contributed by atoms with Gasteiger partial charge in [0.05, 0.1) is 12.8 Å². The summed E-state index contributed by atoms with van der Waals surface area (Å²) in [5, 5.41) is 7.82. The second-order valence-electron chi connectivity index (χ2n) is 5.44. The zero-order chi connectivity index (χ0) is 17.5. The Balaban J connectivity index is 1.97. The van der Waals surface area contributed by atoms with Crippen molar-refractivity contribution in [3.8, 4) is 5.75 Å². The van der Waals surface area contributed by atoms with Crippen LogP contribution in [0.3, 0.4) is 0 Å². The molecule has 6 heteroatoms. The predicted molar refractivity (Wildman–Crippen MR) is 105 cm³/mol. The summed E-state index contributed by atoms with van der Waals surface area (Å²) in [4.78, 5) is 2.06. The van der Waals surface area contributed by atoms with Crippen LogP contribution in [0.25, 0.3) is 0 Å². The lowest BCUT2D eigenvalue weighted by molar-refractivity contribution is 0.415. The molecule has 5 nitrogen and oxygen atoms in total. The Hall–Kier alpha value is -2.60.